The fraction of sp³-hybridized carbons (Fsp3) is 0.286. The van der Waals surface area contributed by atoms with E-state index in [4.69, 9.17) is 0 Å². The molecular formula is C7H7N3O2S. The molecular weight excluding hydrogens is 190 g/mol. The number of carbonyl (C=O) groups excluding carboxylic acids is 2. The van der Waals surface area contributed by atoms with Crippen molar-refractivity contribution in [1.29, 1.82) is 0 Å². The number of thiazole rings is 1. The third-order valence-electron chi connectivity index (χ3n) is 1.74. The van der Waals surface area contributed by atoms with E-state index in [1.54, 1.807) is 11.7 Å². The lowest BCUT2D eigenvalue weighted by Crippen LogP contribution is -2.49. The average Bonchev–Trinajstić information content (AvgIpc) is 2.56. The minimum atomic E-state index is -0.361. The third-order valence-corrected chi connectivity index (χ3v) is 2.53. The summed E-state index contributed by atoms with van der Waals surface area (Å²) in [5, 5.41) is 3.01. The molecule has 2 heterocycles. The maximum Gasteiger partial charge on any atom is 0.329 e. The van der Waals surface area contributed by atoms with Crippen molar-refractivity contribution < 1.29 is 9.59 Å². The number of hydrogen-bond acceptors (Lipinski definition) is 4. The number of urea groups is 1. The summed E-state index contributed by atoms with van der Waals surface area (Å²) >= 11 is 1.38. The molecule has 0 atom stereocenters. The van der Waals surface area contributed by atoms with E-state index >= 15 is 0 Å². The molecule has 0 saturated carbocycles. The fourth-order valence-electron chi connectivity index (χ4n) is 1.12. The van der Waals surface area contributed by atoms with Crippen molar-refractivity contribution in [1.82, 2.24) is 10.3 Å². The van der Waals surface area contributed by atoms with Gasteiger partial charge in [-0.1, -0.05) is 0 Å². The zero-order valence-corrected chi connectivity index (χ0v) is 7.50. The molecule has 1 aliphatic heterocycles. The van der Waals surface area contributed by atoms with Crippen LogP contribution in [0.2, 0.25) is 0 Å². The summed E-state index contributed by atoms with van der Waals surface area (Å²) in [5.74, 6) is -0.217. The number of hydrogen-bond donors (Lipinski definition) is 1. The molecule has 1 aliphatic rings. The van der Waals surface area contributed by atoms with Gasteiger partial charge in [-0.2, -0.15) is 0 Å². The highest BCUT2D eigenvalue weighted by Gasteiger charge is 2.24. The van der Waals surface area contributed by atoms with Crippen LogP contribution in [0.3, 0.4) is 0 Å². The molecule has 5 nitrogen and oxygen atoms in total. The zero-order valence-electron chi connectivity index (χ0n) is 6.69. The van der Waals surface area contributed by atoms with Gasteiger partial charge in [-0.05, 0) is 0 Å². The lowest BCUT2D eigenvalue weighted by atomic mass is 10.3. The van der Waals surface area contributed by atoms with Gasteiger partial charge < -0.3 is 0 Å². The van der Waals surface area contributed by atoms with Gasteiger partial charge in [-0.25, -0.2) is 4.79 Å². The number of nitrogens with zero attached hydrogens (tertiary/aromatic N) is 2. The minimum absolute atomic E-state index is 0.217. The van der Waals surface area contributed by atoms with Crippen molar-refractivity contribution >= 4 is 28.3 Å². The SMILES string of the molecule is O=C1CCN(c2cncs2)C(=O)N1. The van der Waals surface area contributed by atoms with Crippen LogP contribution in [0.1, 0.15) is 6.42 Å². The van der Waals surface area contributed by atoms with Gasteiger partial charge in [0.05, 0.1) is 11.7 Å². The molecule has 0 radical (unpaired) electrons. The van der Waals surface area contributed by atoms with Gasteiger partial charge >= 0.3 is 6.03 Å². The normalized spacial score (nSPS) is 17.4. The van der Waals surface area contributed by atoms with Gasteiger partial charge in [0, 0.05) is 13.0 Å². The highest BCUT2D eigenvalue weighted by molar-refractivity contribution is 7.14. The van der Waals surface area contributed by atoms with Gasteiger partial charge in [-0.3, -0.25) is 20.0 Å². The third kappa shape index (κ3) is 1.52. The van der Waals surface area contributed by atoms with Gasteiger partial charge in [-0.15, -0.1) is 11.3 Å². The van der Waals surface area contributed by atoms with E-state index in [1.165, 1.54) is 16.2 Å². The number of imide groups is 1. The quantitative estimate of drug-likeness (QED) is 0.716. The van der Waals surface area contributed by atoms with Crippen LogP contribution in [0.4, 0.5) is 9.80 Å². The van der Waals surface area contributed by atoms with Gasteiger partial charge in [0.2, 0.25) is 5.91 Å². The van der Waals surface area contributed by atoms with Crippen LogP contribution >= 0.6 is 11.3 Å². The van der Waals surface area contributed by atoms with Gasteiger partial charge in [0.1, 0.15) is 5.00 Å². The number of anilines is 1. The minimum Gasteiger partial charge on any atom is -0.283 e. The smallest absolute Gasteiger partial charge is 0.283 e. The van der Waals surface area contributed by atoms with Crippen LogP contribution in [0.15, 0.2) is 11.7 Å². The summed E-state index contributed by atoms with van der Waals surface area (Å²) < 4.78 is 0. The molecule has 2 rings (SSSR count). The lowest BCUT2D eigenvalue weighted by molar-refractivity contribution is -0.120. The van der Waals surface area contributed by atoms with E-state index in [1.807, 2.05) is 0 Å². The predicted octanol–water partition coefficient (Wildman–Crippen LogP) is 0.589. The Balaban J connectivity index is 2.17. The number of amides is 3. The lowest BCUT2D eigenvalue weighted by Gasteiger charge is -2.24. The summed E-state index contributed by atoms with van der Waals surface area (Å²) in [6.45, 7) is 0.437. The number of carbonyl (C=O) groups is 2. The Labute approximate surface area is 78.4 Å². The molecule has 0 aliphatic carbocycles. The second-order valence-electron chi connectivity index (χ2n) is 2.59. The van der Waals surface area contributed by atoms with Crippen LogP contribution in [0, 0.1) is 0 Å². The highest BCUT2D eigenvalue weighted by Crippen LogP contribution is 2.20. The van der Waals surface area contributed by atoms with E-state index in [9.17, 15) is 9.59 Å². The second kappa shape index (κ2) is 3.14. The topological polar surface area (TPSA) is 62.3 Å². The van der Waals surface area contributed by atoms with Crippen molar-refractivity contribution in [2.45, 2.75) is 6.42 Å². The first-order chi connectivity index (χ1) is 6.27. The first-order valence-electron chi connectivity index (χ1n) is 3.77. The molecule has 1 aromatic rings. The summed E-state index contributed by atoms with van der Waals surface area (Å²) in [4.78, 5) is 27.5. The highest BCUT2D eigenvalue weighted by atomic mass is 32.1. The molecule has 0 aromatic carbocycles. The molecule has 0 bridgehead atoms. The molecule has 0 unspecified atom stereocenters. The van der Waals surface area contributed by atoms with Crippen molar-refractivity contribution in [3.05, 3.63) is 11.7 Å². The van der Waals surface area contributed by atoms with Crippen molar-refractivity contribution in [2.75, 3.05) is 11.4 Å². The van der Waals surface area contributed by atoms with E-state index in [0.717, 1.165) is 5.00 Å². The Hall–Kier alpha value is -1.43. The van der Waals surface area contributed by atoms with E-state index in [0.29, 0.717) is 13.0 Å². The predicted molar refractivity (Wildman–Crippen MR) is 47.6 cm³/mol. The molecule has 1 N–H and O–H groups in total. The molecule has 1 saturated heterocycles. The number of rotatable bonds is 1. The van der Waals surface area contributed by atoms with Crippen molar-refractivity contribution in [3.8, 4) is 0 Å². The fourth-order valence-corrected chi connectivity index (χ4v) is 1.77. The number of nitrogens with one attached hydrogen (secondary N) is 1. The molecule has 1 fully saturated rings. The molecule has 1 aromatic heterocycles. The Kier molecular flexibility index (Phi) is 1.97. The Morgan fingerprint density at radius 1 is 1.54 bits per heavy atom. The molecule has 0 spiro atoms. The maximum absolute atomic E-state index is 11.3. The van der Waals surface area contributed by atoms with Crippen LogP contribution in [0.5, 0.6) is 0 Å². The Bertz CT molecular complexity index is 336. The Morgan fingerprint density at radius 2 is 2.38 bits per heavy atom. The van der Waals surface area contributed by atoms with E-state index in [2.05, 4.69) is 10.3 Å². The molecule has 3 amide bonds. The van der Waals surface area contributed by atoms with E-state index in [-0.39, 0.29) is 11.9 Å². The first-order valence-corrected chi connectivity index (χ1v) is 4.65. The standard InChI is InChI=1S/C7H7N3O2S/c11-5-1-2-10(7(12)9-5)6-3-8-4-13-6/h3-4H,1-2H2,(H,9,11,12). The number of aromatic nitrogens is 1. The van der Waals surface area contributed by atoms with Crippen molar-refractivity contribution in [3.63, 3.8) is 0 Å². The molecule has 6 heteroatoms. The second-order valence-corrected chi connectivity index (χ2v) is 3.46. The summed E-state index contributed by atoms with van der Waals surface area (Å²) in [6, 6.07) is -0.361. The van der Waals surface area contributed by atoms with Crippen LogP contribution in [-0.2, 0) is 4.79 Å². The van der Waals surface area contributed by atoms with Gasteiger partial charge in [0.15, 0.2) is 0 Å². The first kappa shape index (κ1) is 8.18. The van der Waals surface area contributed by atoms with Crippen molar-refractivity contribution in [2.24, 2.45) is 0 Å². The van der Waals surface area contributed by atoms with Crippen LogP contribution < -0.4 is 10.2 Å². The van der Waals surface area contributed by atoms with E-state index < -0.39 is 0 Å². The molecule has 68 valence electrons. The van der Waals surface area contributed by atoms with Gasteiger partial charge in [0.25, 0.3) is 0 Å². The Morgan fingerprint density at radius 3 is 3.00 bits per heavy atom. The van der Waals surface area contributed by atoms with Crippen LogP contribution in [0.25, 0.3) is 0 Å². The molecule has 13 heavy (non-hydrogen) atoms. The summed E-state index contributed by atoms with van der Waals surface area (Å²) in [6.07, 6.45) is 1.96. The maximum atomic E-state index is 11.3. The average molecular weight is 197 g/mol. The monoisotopic (exact) mass is 197 g/mol. The largest absolute Gasteiger partial charge is 0.329 e. The summed E-state index contributed by atoms with van der Waals surface area (Å²) in [5.41, 5.74) is 1.65. The van der Waals surface area contributed by atoms with Crippen LogP contribution in [-0.4, -0.2) is 23.5 Å². The zero-order chi connectivity index (χ0) is 9.26. The summed E-state index contributed by atoms with van der Waals surface area (Å²) in [7, 11) is 0.